The quantitative estimate of drug-likeness (QED) is 0.831. The first-order valence-corrected chi connectivity index (χ1v) is 6.80. The lowest BCUT2D eigenvalue weighted by Crippen LogP contribution is -2.23. The first-order valence-electron chi connectivity index (χ1n) is 6.27. The first kappa shape index (κ1) is 15.0. The van der Waals surface area contributed by atoms with Gasteiger partial charge < -0.3 is 5.32 Å². The minimum absolute atomic E-state index is 0.00398. The van der Waals surface area contributed by atoms with E-state index >= 15 is 0 Å². The van der Waals surface area contributed by atoms with Crippen molar-refractivity contribution >= 4 is 17.5 Å². The Kier molecular flexibility index (Phi) is 5.21. The molecule has 0 atom stereocenters. The van der Waals surface area contributed by atoms with Crippen molar-refractivity contribution in [2.45, 2.75) is 46.1 Å². The molecular weight excluding hydrogens is 246 g/mol. The van der Waals surface area contributed by atoms with Gasteiger partial charge in [-0.2, -0.15) is 0 Å². The van der Waals surface area contributed by atoms with Gasteiger partial charge in [-0.15, -0.1) is 11.6 Å². The molecule has 0 saturated carbocycles. The van der Waals surface area contributed by atoms with E-state index in [0.717, 1.165) is 5.56 Å². The van der Waals surface area contributed by atoms with Crippen LogP contribution in [0.2, 0.25) is 0 Å². The zero-order valence-corrected chi connectivity index (χ0v) is 12.4. The molecule has 1 N–H and O–H groups in total. The smallest absolute Gasteiger partial charge is 0.221 e. The van der Waals surface area contributed by atoms with E-state index in [1.807, 2.05) is 0 Å². The fourth-order valence-corrected chi connectivity index (χ4v) is 1.90. The van der Waals surface area contributed by atoms with Gasteiger partial charge in [-0.25, -0.2) is 0 Å². The first-order chi connectivity index (χ1) is 8.34. The van der Waals surface area contributed by atoms with Crippen molar-refractivity contribution in [3.63, 3.8) is 0 Å². The third-order valence-electron chi connectivity index (χ3n) is 3.01. The van der Waals surface area contributed by atoms with Gasteiger partial charge in [-0.1, -0.05) is 39.0 Å². The number of carbonyl (C=O) groups is 1. The number of alkyl halides is 1. The molecule has 1 aromatic rings. The van der Waals surface area contributed by atoms with Crippen LogP contribution in [0, 0.1) is 6.92 Å². The third kappa shape index (κ3) is 4.34. The van der Waals surface area contributed by atoms with Gasteiger partial charge in [-0.05, 0) is 29.0 Å². The number of halogens is 1. The second-order valence-corrected chi connectivity index (χ2v) is 5.98. The van der Waals surface area contributed by atoms with Gasteiger partial charge in [0.15, 0.2) is 0 Å². The molecule has 2 nitrogen and oxygen atoms in total. The highest BCUT2D eigenvalue weighted by molar-refractivity contribution is 6.18. The van der Waals surface area contributed by atoms with E-state index < -0.39 is 0 Å². The normalized spacial score (nSPS) is 11.4. The summed E-state index contributed by atoms with van der Waals surface area (Å²) < 4.78 is 0. The number of hydrogen-bond donors (Lipinski definition) is 1. The Morgan fingerprint density at radius 2 is 2.00 bits per heavy atom. The molecule has 0 saturated heterocycles. The molecule has 100 valence electrons. The van der Waals surface area contributed by atoms with Crippen molar-refractivity contribution in [3.8, 4) is 0 Å². The van der Waals surface area contributed by atoms with Gasteiger partial charge >= 0.3 is 0 Å². The van der Waals surface area contributed by atoms with Crippen LogP contribution in [0.3, 0.4) is 0 Å². The molecule has 0 aliphatic rings. The van der Waals surface area contributed by atoms with Crippen LogP contribution in [-0.4, -0.2) is 11.8 Å². The second-order valence-electron chi connectivity index (χ2n) is 5.61. The fraction of sp³-hybridized carbons (Fsp3) is 0.533. The van der Waals surface area contributed by atoms with Crippen molar-refractivity contribution in [2.24, 2.45) is 0 Å². The predicted octanol–water partition coefficient (Wildman–Crippen LogP) is 3.54. The Balaban J connectivity index is 2.72. The van der Waals surface area contributed by atoms with Gasteiger partial charge in [0.2, 0.25) is 5.91 Å². The van der Waals surface area contributed by atoms with E-state index in [1.54, 1.807) is 0 Å². The molecular formula is C15H22ClNO. The summed E-state index contributed by atoms with van der Waals surface area (Å²) in [5.74, 6) is 0.373. The highest BCUT2D eigenvalue weighted by Crippen LogP contribution is 2.24. The minimum Gasteiger partial charge on any atom is -0.352 e. The van der Waals surface area contributed by atoms with Crippen molar-refractivity contribution < 1.29 is 4.79 Å². The van der Waals surface area contributed by atoms with Crippen LogP contribution in [0.25, 0.3) is 0 Å². The monoisotopic (exact) mass is 267 g/mol. The summed E-state index contributed by atoms with van der Waals surface area (Å²) in [4.78, 5) is 11.4. The van der Waals surface area contributed by atoms with E-state index in [2.05, 4.69) is 51.2 Å². The molecule has 0 unspecified atom stereocenters. The summed E-state index contributed by atoms with van der Waals surface area (Å²) in [7, 11) is 0. The van der Waals surface area contributed by atoms with Gasteiger partial charge in [0.05, 0.1) is 0 Å². The van der Waals surface area contributed by atoms with Crippen LogP contribution in [0.15, 0.2) is 18.2 Å². The molecule has 1 rings (SSSR count). The zero-order chi connectivity index (χ0) is 13.8. The van der Waals surface area contributed by atoms with Gasteiger partial charge in [0.1, 0.15) is 0 Å². The Labute approximate surface area is 115 Å². The summed E-state index contributed by atoms with van der Waals surface area (Å²) in [6.45, 7) is 9.25. The molecule has 0 aromatic heterocycles. The fourth-order valence-electron chi connectivity index (χ4n) is 1.73. The SMILES string of the molecule is Cc1cc(C(C)(C)C)ccc1CNC(=O)CCCl. The average Bonchev–Trinajstić information content (AvgIpc) is 2.26. The largest absolute Gasteiger partial charge is 0.352 e. The maximum absolute atomic E-state index is 11.4. The van der Waals surface area contributed by atoms with Crippen LogP contribution in [0.4, 0.5) is 0 Å². The topological polar surface area (TPSA) is 29.1 Å². The molecule has 1 amide bonds. The number of carbonyl (C=O) groups excluding carboxylic acids is 1. The maximum Gasteiger partial charge on any atom is 0.221 e. The van der Waals surface area contributed by atoms with E-state index in [0.29, 0.717) is 18.8 Å². The Hall–Kier alpha value is -1.02. The summed E-state index contributed by atoms with van der Waals surface area (Å²) in [6.07, 6.45) is 0.376. The van der Waals surface area contributed by atoms with Gasteiger partial charge in [0, 0.05) is 18.8 Å². The number of aryl methyl sites for hydroxylation is 1. The summed E-state index contributed by atoms with van der Waals surface area (Å²) in [6, 6.07) is 6.43. The molecule has 0 radical (unpaired) electrons. The molecule has 0 aliphatic heterocycles. The lowest BCUT2D eigenvalue weighted by Gasteiger charge is -2.20. The Morgan fingerprint density at radius 3 is 2.50 bits per heavy atom. The summed E-state index contributed by atoms with van der Waals surface area (Å²) in [5.41, 5.74) is 3.85. The van der Waals surface area contributed by atoms with Crippen LogP contribution in [0.1, 0.15) is 43.9 Å². The molecule has 0 spiro atoms. The highest BCUT2D eigenvalue weighted by Gasteiger charge is 2.14. The Morgan fingerprint density at radius 1 is 1.33 bits per heavy atom. The molecule has 0 aliphatic carbocycles. The van der Waals surface area contributed by atoms with Crippen molar-refractivity contribution in [1.82, 2.24) is 5.32 Å². The van der Waals surface area contributed by atoms with Crippen LogP contribution in [0.5, 0.6) is 0 Å². The van der Waals surface area contributed by atoms with Crippen LogP contribution in [-0.2, 0) is 16.8 Å². The number of rotatable bonds is 4. The molecule has 0 bridgehead atoms. The zero-order valence-electron chi connectivity index (χ0n) is 11.6. The number of hydrogen-bond acceptors (Lipinski definition) is 1. The van der Waals surface area contributed by atoms with E-state index in [1.165, 1.54) is 11.1 Å². The van der Waals surface area contributed by atoms with Crippen LogP contribution < -0.4 is 5.32 Å². The van der Waals surface area contributed by atoms with E-state index in [4.69, 9.17) is 11.6 Å². The number of amides is 1. The minimum atomic E-state index is 0.00398. The van der Waals surface area contributed by atoms with E-state index in [-0.39, 0.29) is 11.3 Å². The average molecular weight is 268 g/mol. The lowest BCUT2D eigenvalue weighted by atomic mass is 9.85. The second kappa shape index (κ2) is 6.24. The summed E-state index contributed by atoms with van der Waals surface area (Å²) >= 11 is 5.52. The van der Waals surface area contributed by atoms with Crippen molar-refractivity contribution in [1.29, 1.82) is 0 Å². The highest BCUT2D eigenvalue weighted by atomic mass is 35.5. The molecule has 1 aromatic carbocycles. The van der Waals surface area contributed by atoms with Crippen LogP contribution >= 0.6 is 11.6 Å². The van der Waals surface area contributed by atoms with Crippen molar-refractivity contribution in [2.75, 3.05) is 5.88 Å². The summed E-state index contributed by atoms with van der Waals surface area (Å²) in [5, 5.41) is 2.88. The number of benzene rings is 1. The van der Waals surface area contributed by atoms with Crippen molar-refractivity contribution in [3.05, 3.63) is 34.9 Å². The third-order valence-corrected chi connectivity index (χ3v) is 3.20. The Bertz CT molecular complexity index is 421. The van der Waals surface area contributed by atoms with E-state index in [9.17, 15) is 4.79 Å². The number of nitrogens with one attached hydrogen (secondary N) is 1. The molecule has 18 heavy (non-hydrogen) atoms. The standard InChI is InChI=1S/C15H22ClNO/c1-11-9-13(15(2,3)4)6-5-12(11)10-17-14(18)7-8-16/h5-6,9H,7-8,10H2,1-4H3,(H,17,18). The molecule has 0 fully saturated rings. The van der Waals surface area contributed by atoms with Gasteiger partial charge in [0.25, 0.3) is 0 Å². The van der Waals surface area contributed by atoms with Gasteiger partial charge in [-0.3, -0.25) is 4.79 Å². The molecule has 0 heterocycles. The molecule has 3 heteroatoms. The predicted molar refractivity (Wildman–Crippen MR) is 77.1 cm³/mol. The lowest BCUT2D eigenvalue weighted by molar-refractivity contribution is -0.120. The maximum atomic E-state index is 11.4.